The summed E-state index contributed by atoms with van der Waals surface area (Å²) in [6.45, 7) is 28.2. The number of piperazine rings is 2. The Kier molecular flexibility index (Phi) is 38.1. The van der Waals surface area contributed by atoms with E-state index in [-0.39, 0.29) is 99.5 Å². The van der Waals surface area contributed by atoms with Crippen LogP contribution in [-0.2, 0) is 58.0 Å². The number of aromatic nitrogens is 4. The van der Waals surface area contributed by atoms with Crippen LogP contribution in [0.15, 0.2) is 122 Å². The van der Waals surface area contributed by atoms with Crippen molar-refractivity contribution < 1.29 is 110 Å². The number of halogens is 12. The Bertz CT molecular complexity index is 4720. The molecule has 0 saturated carbocycles. The number of aliphatic hydroxyl groups excluding tert-OH is 1. The van der Waals surface area contributed by atoms with Crippen LogP contribution in [0.25, 0.3) is 43.6 Å². The Morgan fingerprint density at radius 1 is 0.472 bits per heavy atom. The Hall–Kier alpha value is -7.36. The number of esters is 1. The van der Waals surface area contributed by atoms with Crippen molar-refractivity contribution in [3.05, 3.63) is 144 Å². The number of likely N-dealkylation sites (N-methyl/N-ethyl adjacent to an activating group) is 2. The van der Waals surface area contributed by atoms with Gasteiger partial charge in [-0.3, -0.25) is 28.9 Å². The molecular formula is C88H117BF12LiN12O8S. The van der Waals surface area contributed by atoms with Crippen molar-refractivity contribution in [2.45, 2.75) is 104 Å². The predicted molar refractivity (Wildman–Crippen MR) is 456 cm³/mol. The van der Waals surface area contributed by atoms with E-state index in [4.69, 9.17) is 18.4 Å². The zero-order chi connectivity index (χ0) is 87.4. The van der Waals surface area contributed by atoms with Gasteiger partial charge in [-0.1, -0.05) is 27.7 Å². The van der Waals surface area contributed by atoms with Crippen molar-refractivity contribution in [3.8, 4) is 0 Å². The van der Waals surface area contributed by atoms with Crippen LogP contribution in [-0.4, -0.2) is 241 Å². The van der Waals surface area contributed by atoms with Crippen molar-refractivity contribution in [1.82, 2.24) is 40.0 Å². The minimum Gasteiger partial charge on any atom is -1.00 e. The normalized spacial score (nSPS) is 22.6. The number of carbonyl (C=O) groups is 1. The van der Waals surface area contributed by atoms with Crippen LogP contribution < -0.4 is 43.8 Å². The number of alkyl halides is 12. The quantitative estimate of drug-likeness (QED) is 0.0537. The van der Waals surface area contributed by atoms with Gasteiger partial charge in [-0.25, -0.2) is 0 Å². The number of carbonyl (C=O) groups excluding carboxylic acids is 1. The number of piperidine rings is 4. The molecule has 16 rings (SSSR count). The number of methoxy groups -OCH3 is 1. The number of fused-ring (bicyclic) bond motifs is 4. The van der Waals surface area contributed by atoms with Gasteiger partial charge in [0, 0.05) is 228 Å². The molecule has 671 valence electrons. The van der Waals surface area contributed by atoms with Crippen LogP contribution in [0.4, 0.5) is 75.4 Å². The van der Waals surface area contributed by atoms with Crippen LogP contribution in [0.1, 0.15) is 103 Å². The Morgan fingerprint density at radius 2 is 0.789 bits per heavy atom. The molecule has 8 aliphatic heterocycles. The fraction of sp³-hybridized carbons (Fsp3) is 0.580. The number of nitrogens with one attached hydrogen (secondary N) is 1. The van der Waals surface area contributed by atoms with Crippen molar-refractivity contribution in [2.24, 2.45) is 47.3 Å². The minimum atomic E-state index is -4.48. The molecule has 2 N–H and O–H groups in total. The molecule has 8 saturated heterocycles. The molecule has 8 unspecified atom stereocenters. The summed E-state index contributed by atoms with van der Waals surface area (Å²) in [5, 5.41) is 14.7. The molecule has 35 heteroatoms. The van der Waals surface area contributed by atoms with Crippen molar-refractivity contribution in [3.63, 3.8) is 0 Å². The van der Waals surface area contributed by atoms with E-state index in [9.17, 15) is 71.0 Å². The standard InChI is InChI=1S/C22H29F3N4.C18H21F3N2O3S.C18H19F3N2O2.C17H19F3N2O.C5H12N2.2C4H8O.B.Li.H/c1-16-12-17(14-28-10-8-27(2)9-11-28)15-29(13-16)20-6-5-19(22(23,24)25)21-18(20)4-3-7-26-21;1-12-8-13(11-26-27(2,24)25)10-23(9-12)16-6-5-15(18(19,20)21)17-14(16)4-3-7-22-17;1-11-8-12(17(24)25-2)10-23(9-11)15-6-5-14(18(19,20)21)16-13(15)4-3-7-22-16;1-11-7-12(10-23)9-22(8-11)15-5-4-14(17(18,19)20)16-13(15)3-2-6-21-16;1-7-4-2-6-3-5-7;2*1-2-4-5-3-1;;;/h3-7,16-17H,8-15H2,1-2H3;3-7,12-13H,8-11H2,1-2H3;3-7,11-12H,8-10H2,1-2H3;2-6,11-12,23H,7-10H2,1H3;6H,2-5H2,1H3;2*1-4H2;;;/q;;;;;;;;+1;-1. The van der Waals surface area contributed by atoms with E-state index in [0.29, 0.717) is 89.8 Å². The first-order chi connectivity index (χ1) is 57.5. The second kappa shape index (κ2) is 46.4. The van der Waals surface area contributed by atoms with Gasteiger partial charge >= 0.3 is 49.5 Å². The largest absolute Gasteiger partial charge is 1.00 e. The molecule has 3 radical (unpaired) electrons. The van der Waals surface area contributed by atoms with Crippen LogP contribution in [0.5, 0.6) is 0 Å². The summed E-state index contributed by atoms with van der Waals surface area (Å²) in [5.74, 6) is 1.44. The number of hydrogen-bond acceptors (Lipinski definition) is 20. The summed E-state index contributed by atoms with van der Waals surface area (Å²) in [6.07, 6.45) is -2.51. The number of hydrogen-bond donors (Lipinski definition) is 2. The molecule has 8 aliphatic rings. The number of nitrogens with zero attached hydrogens (tertiary/aromatic N) is 11. The second-order valence-electron chi connectivity index (χ2n) is 33.4. The maximum atomic E-state index is 13.4. The van der Waals surface area contributed by atoms with Gasteiger partial charge in [-0.2, -0.15) is 61.1 Å². The fourth-order valence-corrected chi connectivity index (χ4v) is 17.8. The van der Waals surface area contributed by atoms with Gasteiger partial charge in [0.25, 0.3) is 10.1 Å². The summed E-state index contributed by atoms with van der Waals surface area (Å²) in [4.78, 5) is 43.4. The maximum absolute atomic E-state index is 13.4. The average molecular weight is 1750 g/mol. The molecule has 12 heterocycles. The van der Waals surface area contributed by atoms with E-state index < -0.39 is 57.1 Å². The van der Waals surface area contributed by atoms with Crippen LogP contribution in [0, 0.1) is 47.3 Å². The third-order valence-electron chi connectivity index (χ3n) is 22.9. The maximum Gasteiger partial charge on any atom is 1.00 e. The summed E-state index contributed by atoms with van der Waals surface area (Å²) in [5.41, 5.74) is -0.0323. The average Bonchev–Trinajstić information content (AvgIpc) is 0.929. The molecule has 20 nitrogen and oxygen atoms in total. The van der Waals surface area contributed by atoms with E-state index in [1.807, 2.05) is 23.6 Å². The fourth-order valence-electron chi connectivity index (χ4n) is 17.4. The molecule has 0 spiro atoms. The van der Waals surface area contributed by atoms with Crippen LogP contribution in [0.2, 0.25) is 0 Å². The number of rotatable bonds is 11. The van der Waals surface area contributed by atoms with E-state index >= 15 is 0 Å². The molecular weight excluding hydrogens is 1630 g/mol. The summed E-state index contributed by atoms with van der Waals surface area (Å²) in [6, 6.07) is 23.9. The van der Waals surface area contributed by atoms with Gasteiger partial charge in [-0.05, 0) is 198 Å². The van der Waals surface area contributed by atoms with Gasteiger partial charge in [0.05, 0.1) is 70.2 Å². The zero-order valence-corrected chi connectivity index (χ0v) is 72.6. The van der Waals surface area contributed by atoms with Gasteiger partial charge in [-0.15, -0.1) is 0 Å². The summed E-state index contributed by atoms with van der Waals surface area (Å²) in [7, 11) is 2.13. The Morgan fingerprint density at radius 3 is 1.10 bits per heavy atom. The Balaban J connectivity index is 0.000000211. The minimum absolute atomic E-state index is 0. The smallest absolute Gasteiger partial charge is 1.00 e. The number of aliphatic hydroxyl groups is 1. The molecule has 8 atom stereocenters. The zero-order valence-electron chi connectivity index (χ0n) is 72.8. The first-order valence-corrected chi connectivity index (χ1v) is 43.6. The van der Waals surface area contributed by atoms with Gasteiger partial charge in [0.1, 0.15) is 0 Å². The van der Waals surface area contributed by atoms with Gasteiger partial charge in [0.2, 0.25) is 0 Å². The topological polar surface area (TPSA) is 195 Å². The SMILES string of the molecule is C1CCOC1.C1CCOC1.CC1CC(CN2CCN(C)CC2)CN(c2ccc(C(F)(F)F)c3ncccc23)C1.CC1CC(CO)CN(c2ccc(C(F)(F)F)c3ncccc23)C1.CC1CC(COS(C)(=O)=O)CN(c2ccc(C(F)(F)F)c3ncccc23)C1.CN1CCNCC1.COC(=O)C1CC(C)CN(c2ccc(C(F)(F)F)c3ncccc23)C1.[B].[H-].[Li+]. The van der Waals surface area contributed by atoms with Gasteiger partial charge in [0.15, 0.2) is 0 Å². The van der Waals surface area contributed by atoms with Crippen LogP contribution in [0.3, 0.4) is 0 Å². The molecule has 8 aromatic rings. The van der Waals surface area contributed by atoms with Gasteiger partial charge < -0.3 is 60.4 Å². The number of ether oxygens (including phenoxy) is 3. The van der Waals surface area contributed by atoms with Crippen molar-refractivity contribution >= 4 is 90.9 Å². The predicted octanol–water partition coefficient (Wildman–Crippen LogP) is 13.1. The molecule has 4 aromatic carbocycles. The van der Waals surface area contributed by atoms with Crippen molar-refractivity contribution in [1.29, 1.82) is 0 Å². The third-order valence-corrected chi connectivity index (χ3v) is 23.5. The number of anilines is 4. The van der Waals surface area contributed by atoms with E-state index in [0.717, 1.165) is 141 Å². The first-order valence-electron chi connectivity index (χ1n) is 41.7. The molecule has 0 bridgehead atoms. The molecule has 0 amide bonds. The first kappa shape index (κ1) is 101. The van der Waals surface area contributed by atoms with E-state index in [1.54, 1.807) is 54.6 Å². The second-order valence-corrected chi connectivity index (χ2v) is 35.0. The third kappa shape index (κ3) is 29.3. The number of pyridine rings is 4. The molecule has 123 heavy (non-hydrogen) atoms. The van der Waals surface area contributed by atoms with Crippen molar-refractivity contribution in [2.75, 3.05) is 198 Å². The number of benzene rings is 4. The van der Waals surface area contributed by atoms with Crippen LogP contribution >= 0.6 is 0 Å². The Labute approximate surface area is 729 Å². The molecule has 0 aliphatic carbocycles. The summed E-state index contributed by atoms with van der Waals surface area (Å²) < 4.78 is 202. The molecule has 4 aromatic heterocycles. The van der Waals surface area contributed by atoms with E-state index in [2.05, 4.69) is 77.7 Å². The monoisotopic (exact) mass is 1750 g/mol. The van der Waals surface area contributed by atoms with E-state index in [1.165, 1.54) is 101 Å². The summed E-state index contributed by atoms with van der Waals surface area (Å²) >= 11 is 0. The molecule has 8 fully saturated rings.